The molecule has 0 spiro atoms. The van der Waals surface area contributed by atoms with Gasteiger partial charge in [0.15, 0.2) is 0 Å². The molecule has 0 unspecified atom stereocenters. The third-order valence-electron chi connectivity index (χ3n) is 2.06. The van der Waals surface area contributed by atoms with Crippen LogP contribution in [0.3, 0.4) is 0 Å². The average Bonchev–Trinajstić information content (AvgIpc) is 2.65. The second-order valence-corrected chi connectivity index (χ2v) is 3.66. The highest BCUT2D eigenvalue weighted by Gasteiger charge is 2.09. The Kier molecular flexibility index (Phi) is 1.34. The van der Waals surface area contributed by atoms with Crippen molar-refractivity contribution in [3.05, 3.63) is 36.5 Å². The van der Waals surface area contributed by atoms with E-state index in [0.29, 0.717) is 0 Å². The van der Waals surface area contributed by atoms with E-state index in [4.69, 9.17) is 0 Å². The summed E-state index contributed by atoms with van der Waals surface area (Å²) in [5, 5.41) is 1.20. The lowest BCUT2D eigenvalue weighted by Crippen LogP contribution is -1.81. The first kappa shape index (κ1) is 6.97. The zero-order valence-electron chi connectivity index (χ0n) is 6.77. The zero-order valence-corrected chi connectivity index (χ0v) is 7.58. The third kappa shape index (κ3) is 0.939. The molecule has 0 saturated carbocycles. The van der Waals surface area contributed by atoms with E-state index in [9.17, 15) is 0 Å². The molecule has 62 valence electrons. The Labute approximate surface area is 79.4 Å². The van der Waals surface area contributed by atoms with Gasteiger partial charge in [-0.1, -0.05) is 18.2 Å². The normalized spacial score (nSPS) is 11.1. The average molecular weight is 186 g/mol. The highest BCUT2D eigenvalue weighted by atomic mass is 32.1. The van der Waals surface area contributed by atoms with Gasteiger partial charge in [-0.25, -0.2) is 0 Å². The molecule has 3 heteroatoms. The smallest absolute Gasteiger partial charge is 0.104 e. The number of hydrogen-bond donors (Lipinski definition) is 0. The number of benzene rings is 1. The van der Waals surface area contributed by atoms with Crippen molar-refractivity contribution in [1.82, 2.24) is 9.36 Å². The Morgan fingerprint density at radius 1 is 1.08 bits per heavy atom. The summed E-state index contributed by atoms with van der Waals surface area (Å²) in [6.07, 6.45) is 1.80. The number of nitrogens with zero attached hydrogens (tertiary/aromatic N) is 2. The van der Waals surface area contributed by atoms with Gasteiger partial charge in [0, 0.05) is 11.6 Å². The third-order valence-corrected chi connectivity index (χ3v) is 2.90. The minimum absolute atomic E-state index is 0.990. The maximum absolute atomic E-state index is 4.35. The molecule has 0 aliphatic carbocycles. The molecular weight excluding hydrogens is 180 g/mol. The Morgan fingerprint density at radius 2 is 2.00 bits per heavy atom. The summed E-state index contributed by atoms with van der Waals surface area (Å²) < 4.78 is 5.54. The molecule has 2 heterocycles. The largest absolute Gasteiger partial charge is 0.254 e. The summed E-state index contributed by atoms with van der Waals surface area (Å²) in [6.45, 7) is 0. The van der Waals surface area contributed by atoms with Crippen molar-refractivity contribution in [2.75, 3.05) is 0 Å². The quantitative estimate of drug-likeness (QED) is 0.539. The van der Waals surface area contributed by atoms with E-state index in [-0.39, 0.29) is 0 Å². The molecular formula is C10H6N2S. The highest BCUT2D eigenvalue weighted by molar-refractivity contribution is 7.13. The molecule has 0 atom stereocenters. The van der Waals surface area contributed by atoms with Crippen molar-refractivity contribution < 1.29 is 0 Å². The first-order chi connectivity index (χ1) is 6.45. The van der Waals surface area contributed by atoms with Crippen molar-refractivity contribution in [3.63, 3.8) is 0 Å². The van der Waals surface area contributed by atoms with Crippen LogP contribution in [0.1, 0.15) is 0 Å². The van der Waals surface area contributed by atoms with Gasteiger partial charge in [0.2, 0.25) is 0 Å². The van der Waals surface area contributed by atoms with Crippen LogP contribution in [-0.2, 0) is 0 Å². The molecule has 2 nitrogen and oxygen atoms in total. The fourth-order valence-corrected chi connectivity index (χ4v) is 2.20. The van der Waals surface area contributed by atoms with Crippen molar-refractivity contribution >= 4 is 21.6 Å². The molecule has 0 saturated heterocycles. The molecule has 3 rings (SSSR count). The number of aromatic nitrogens is 2. The molecule has 1 aromatic rings. The molecule has 2 aliphatic heterocycles. The van der Waals surface area contributed by atoms with E-state index < -0.39 is 0 Å². The number of hydrogen-bond acceptors (Lipinski definition) is 3. The topological polar surface area (TPSA) is 25.8 Å². The Hall–Kier alpha value is -1.48. The number of fused-ring (bicyclic) bond motifs is 3. The van der Waals surface area contributed by atoms with Crippen LogP contribution < -0.4 is 0 Å². The van der Waals surface area contributed by atoms with E-state index in [1.165, 1.54) is 21.6 Å². The van der Waals surface area contributed by atoms with Crippen molar-refractivity contribution in [2.45, 2.75) is 0 Å². The second kappa shape index (κ2) is 2.50. The van der Waals surface area contributed by atoms with E-state index in [1.807, 2.05) is 18.2 Å². The van der Waals surface area contributed by atoms with Gasteiger partial charge in [0.25, 0.3) is 0 Å². The van der Waals surface area contributed by atoms with E-state index in [0.717, 1.165) is 11.4 Å². The summed E-state index contributed by atoms with van der Waals surface area (Å²) in [5.74, 6) is 0. The van der Waals surface area contributed by atoms with Crippen LogP contribution in [0.25, 0.3) is 21.5 Å². The molecule has 1 aromatic carbocycles. The maximum Gasteiger partial charge on any atom is 0.104 e. The van der Waals surface area contributed by atoms with Crippen molar-refractivity contribution in [3.8, 4) is 11.4 Å². The molecule has 0 amide bonds. The summed E-state index contributed by atoms with van der Waals surface area (Å²) >= 11 is 1.52. The van der Waals surface area contributed by atoms with Crippen LogP contribution >= 0.6 is 11.5 Å². The maximum atomic E-state index is 4.35. The van der Waals surface area contributed by atoms with Gasteiger partial charge in [0.05, 0.1) is 10.4 Å². The fraction of sp³-hybridized carbons (Fsp3) is 0. The van der Waals surface area contributed by atoms with Gasteiger partial charge in [-0.15, -0.1) is 0 Å². The molecule has 0 fully saturated rings. The van der Waals surface area contributed by atoms with Crippen LogP contribution in [0.15, 0.2) is 36.5 Å². The molecule has 0 aromatic heterocycles. The van der Waals surface area contributed by atoms with Gasteiger partial charge in [-0.3, -0.25) is 4.98 Å². The monoisotopic (exact) mass is 186 g/mol. The lowest BCUT2D eigenvalue weighted by atomic mass is 10.2. The summed E-state index contributed by atoms with van der Waals surface area (Å²) in [5.41, 5.74) is 2.00. The summed E-state index contributed by atoms with van der Waals surface area (Å²) in [7, 11) is 0. The fourth-order valence-electron chi connectivity index (χ4n) is 1.45. The van der Waals surface area contributed by atoms with Gasteiger partial charge in [-0.05, 0) is 23.7 Å². The SMILES string of the molecule is c1ccc2c3nccc-3nsc2c1. The Morgan fingerprint density at radius 3 is 3.00 bits per heavy atom. The zero-order chi connectivity index (χ0) is 8.67. The Balaban J connectivity index is 2.57. The first-order valence-electron chi connectivity index (χ1n) is 4.04. The number of rotatable bonds is 0. The van der Waals surface area contributed by atoms with Crippen LogP contribution in [0.5, 0.6) is 0 Å². The van der Waals surface area contributed by atoms with Gasteiger partial charge < -0.3 is 0 Å². The lowest BCUT2D eigenvalue weighted by Gasteiger charge is -1.99. The molecule has 0 radical (unpaired) electrons. The van der Waals surface area contributed by atoms with E-state index >= 15 is 0 Å². The highest BCUT2D eigenvalue weighted by Crippen LogP contribution is 2.29. The molecule has 0 bridgehead atoms. The second-order valence-electron chi connectivity index (χ2n) is 2.86. The van der Waals surface area contributed by atoms with Crippen molar-refractivity contribution in [1.29, 1.82) is 0 Å². The predicted octanol–water partition coefficient (Wildman–Crippen LogP) is 2.80. The van der Waals surface area contributed by atoms with Crippen LogP contribution in [0.4, 0.5) is 0 Å². The minimum atomic E-state index is 0.990. The van der Waals surface area contributed by atoms with Gasteiger partial charge >= 0.3 is 0 Å². The van der Waals surface area contributed by atoms with Crippen LogP contribution in [0.2, 0.25) is 0 Å². The predicted molar refractivity (Wildman–Crippen MR) is 54.0 cm³/mol. The van der Waals surface area contributed by atoms with E-state index in [2.05, 4.69) is 21.5 Å². The van der Waals surface area contributed by atoms with Crippen molar-refractivity contribution in [2.24, 2.45) is 0 Å². The Bertz CT molecular complexity index is 529. The van der Waals surface area contributed by atoms with Gasteiger partial charge in [-0.2, -0.15) is 4.37 Å². The lowest BCUT2D eigenvalue weighted by molar-refractivity contribution is 1.41. The van der Waals surface area contributed by atoms with Gasteiger partial charge in [0.1, 0.15) is 5.69 Å². The van der Waals surface area contributed by atoms with Crippen LogP contribution in [0, 0.1) is 0 Å². The van der Waals surface area contributed by atoms with Crippen LogP contribution in [-0.4, -0.2) is 9.36 Å². The standard InChI is InChI=1S/C10H6N2S/c1-2-4-9-7(3-1)10-8(12-13-9)5-6-11-10/h1-6H. The summed E-state index contributed by atoms with van der Waals surface area (Å²) in [4.78, 5) is 4.29. The molecule has 0 N–H and O–H groups in total. The molecule has 13 heavy (non-hydrogen) atoms. The molecule has 2 aliphatic rings. The summed E-state index contributed by atoms with van der Waals surface area (Å²) in [6, 6.07) is 10.2. The van der Waals surface area contributed by atoms with E-state index in [1.54, 1.807) is 6.20 Å². The first-order valence-corrected chi connectivity index (χ1v) is 4.81. The minimum Gasteiger partial charge on any atom is -0.254 e.